The van der Waals surface area contributed by atoms with E-state index in [1.165, 1.54) is 12.8 Å². The lowest BCUT2D eigenvalue weighted by molar-refractivity contribution is -0.124. The third kappa shape index (κ3) is 4.03. The quantitative estimate of drug-likeness (QED) is 0.856. The molecule has 1 fully saturated rings. The molecule has 1 amide bonds. The van der Waals surface area contributed by atoms with E-state index >= 15 is 0 Å². The van der Waals surface area contributed by atoms with Gasteiger partial charge in [0, 0.05) is 31.3 Å². The van der Waals surface area contributed by atoms with Gasteiger partial charge >= 0.3 is 0 Å². The van der Waals surface area contributed by atoms with Crippen LogP contribution in [0.2, 0.25) is 0 Å². The van der Waals surface area contributed by atoms with Crippen LogP contribution in [0.15, 0.2) is 24.3 Å². The Kier molecular flexibility index (Phi) is 5.06. The molecule has 0 aromatic heterocycles. The Hall–Kier alpha value is -1.95. The van der Waals surface area contributed by atoms with Gasteiger partial charge in [-0.3, -0.25) is 4.79 Å². The molecule has 1 N–H and O–H groups in total. The van der Waals surface area contributed by atoms with Crippen molar-refractivity contribution in [3.05, 3.63) is 29.8 Å². The lowest BCUT2D eigenvalue weighted by Gasteiger charge is -2.11. The van der Waals surface area contributed by atoms with Gasteiger partial charge < -0.3 is 10.2 Å². The van der Waals surface area contributed by atoms with Gasteiger partial charge in [-0.25, -0.2) is 0 Å². The summed E-state index contributed by atoms with van der Waals surface area (Å²) in [5.74, 6) is 6.47. The number of benzene rings is 1. The van der Waals surface area contributed by atoms with E-state index < -0.39 is 0 Å². The van der Waals surface area contributed by atoms with Crippen LogP contribution in [-0.4, -0.2) is 26.5 Å². The lowest BCUT2D eigenvalue weighted by Crippen LogP contribution is -2.29. The van der Waals surface area contributed by atoms with E-state index in [2.05, 4.69) is 22.1 Å². The molecular weight excluding hydrogens is 248 g/mol. The number of hydrogen-bond acceptors (Lipinski definition) is 2. The zero-order valence-electron chi connectivity index (χ0n) is 12.3. The average Bonchev–Trinajstić information content (AvgIpc) is 2.98. The first-order chi connectivity index (χ1) is 9.66. The summed E-state index contributed by atoms with van der Waals surface area (Å²) in [5, 5.41) is 2.90. The highest BCUT2D eigenvalue weighted by Gasteiger charge is 2.21. The van der Waals surface area contributed by atoms with E-state index in [1.807, 2.05) is 38.4 Å². The second-order valence-corrected chi connectivity index (χ2v) is 5.44. The molecule has 0 heterocycles. The molecule has 0 aliphatic heterocycles. The van der Waals surface area contributed by atoms with Crippen molar-refractivity contribution in [3.63, 3.8) is 0 Å². The van der Waals surface area contributed by atoms with Crippen molar-refractivity contribution < 1.29 is 4.79 Å². The largest absolute Gasteiger partial charge is 0.378 e. The van der Waals surface area contributed by atoms with Crippen LogP contribution in [-0.2, 0) is 4.79 Å². The van der Waals surface area contributed by atoms with E-state index in [9.17, 15) is 4.79 Å². The first kappa shape index (κ1) is 14.5. The van der Waals surface area contributed by atoms with Gasteiger partial charge in [-0.15, -0.1) is 0 Å². The maximum atomic E-state index is 11.8. The van der Waals surface area contributed by atoms with Gasteiger partial charge in [0.2, 0.25) is 5.91 Å². The maximum Gasteiger partial charge on any atom is 0.223 e. The van der Waals surface area contributed by atoms with Crippen LogP contribution in [0.3, 0.4) is 0 Å². The smallest absolute Gasteiger partial charge is 0.223 e. The van der Waals surface area contributed by atoms with Crippen molar-refractivity contribution >= 4 is 11.6 Å². The molecule has 0 spiro atoms. The monoisotopic (exact) mass is 270 g/mol. The summed E-state index contributed by atoms with van der Waals surface area (Å²) >= 11 is 0. The summed E-state index contributed by atoms with van der Waals surface area (Å²) in [5.41, 5.74) is 2.14. The summed E-state index contributed by atoms with van der Waals surface area (Å²) in [6, 6.07) is 8.09. The van der Waals surface area contributed by atoms with Crippen LogP contribution in [0.4, 0.5) is 5.69 Å². The van der Waals surface area contributed by atoms with E-state index in [1.54, 1.807) is 0 Å². The fourth-order valence-corrected chi connectivity index (χ4v) is 2.45. The average molecular weight is 270 g/mol. The molecule has 3 heteroatoms. The van der Waals surface area contributed by atoms with E-state index in [4.69, 9.17) is 0 Å². The predicted molar refractivity (Wildman–Crippen MR) is 82.6 cm³/mol. The van der Waals surface area contributed by atoms with Crippen LogP contribution < -0.4 is 10.2 Å². The third-order valence-corrected chi connectivity index (χ3v) is 3.69. The highest BCUT2D eigenvalue weighted by Crippen LogP contribution is 2.24. The molecule has 1 aliphatic carbocycles. The minimum absolute atomic E-state index is 0.166. The molecule has 1 aromatic carbocycles. The Morgan fingerprint density at radius 2 is 1.90 bits per heavy atom. The minimum Gasteiger partial charge on any atom is -0.378 e. The van der Waals surface area contributed by atoms with Crippen molar-refractivity contribution in [1.82, 2.24) is 5.32 Å². The molecule has 0 atom stereocenters. The number of rotatable bonds is 3. The molecule has 3 nitrogen and oxygen atoms in total. The fraction of sp³-hybridized carbons (Fsp3) is 0.471. The lowest BCUT2D eigenvalue weighted by atomic mass is 10.1. The number of nitrogens with zero attached hydrogens (tertiary/aromatic N) is 1. The Bertz CT molecular complexity index is 502. The SMILES string of the molecule is CN(C)c1ccc(C#CCNC(=O)C2CCCC2)cc1. The van der Waals surface area contributed by atoms with Crippen LogP contribution in [0.25, 0.3) is 0 Å². The summed E-state index contributed by atoms with van der Waals surface area (Å²) in [4.78, 5) is 13.8. The molecule has 106 valence electrons. The van der Waals surface area contributed by atoms with Gasteiger partial charge in [0.1, 0.15) is 0 Å². The molecule has 1 aliphatic rings. The predicted octanol–water partition coefficient (Wildman–Crippen LogP) is 2.41. The molecule has 0 radical (unpaired) electrons. The summed E-state index contributed by atoms with van der Waals surface area (Å²) < 4.78 is 0. The van der Waals surface area contributed by atoms with E-state index in [0.717, 1.165) is 24.1 Å². The number of amides is 1. The Morgan fingerprint density at radius 3 is 2.50 bits per heavy atom. The van der Waals surface area contributed by atoms with Gasteiger partial charge in [-0.1, -0.05) is 24.7 Å². The molecule has 1 saturated carbocycles. The number of hydrogen-bond donors (Lipinski definition) is 1. The van der Waals surface area contributed by atoms with Gasteiger partial charge in [-0.05, 0) is 37.1 Å². The normalized spacial score (nSPS) is 14.5. The second-order valence-electron chi connectivity index (χ2n) is 5.44. The van der Waals surface area contributed by atoms with E-state index in [0.29, 0.717) is 6.54 Å². The molecule has 0 bridgehead atoms. The minimum atomic E-state index is 0.166. The standard InChI is InChI=1S/C17H22N2O/c1-19(2)16-11-9-14(10-12-16)6-5-13-18-17(20)15-7-3-4-8-15/h9-12,15H,3-4,7-8,13H2,1-2H3,(H,18,20). The zero-order chi connectivity index (χ0) is 14.4. The van der Waals surface area contributed by atoms with Gasteiger partial charge in [0.05, 0.1) is 6.54 Å². The van der Waals surface area contributed by atoms with Gasteiger partial charge in [0.25, 0.3) is 0 Å². The first-order valence-electron chi connectivity index (χ1n) is 7.21. The molecule has 20 heavy (non-hydrogen) atoms. The Balaban J connectivity index is 1.80. The van der Waals surface area contributed by atoms with E-state index in [-0.39, 0.29) is 11.8 Å². The highest BCUT2D eigenvalue weighted by atomic mass is 16.1. The van der Waals surface area contributed by atoms with Crippen LogP contribution in [0, 0.1) is 17.8 Å². The van der Waals surface area contributed by atoms with Crippen LogP contribution >= 0.6 is 0 Å². The van der Waals surface area contributed by atoms with Crippen molar-refractivity contribution in [3.8, 4) is 11.8 Å². The molecule has 0 saturated heterocycles. The first-order valence-corrected chi connectivity index (χ1v) is 7.21. The fourth-order valence-electron chi connectivity index (χ4n) is 2.45. The number of carbonyl (C=O) groups is 1. The van der Waals surface area contributed by atoms with Gasteiger partial charge in [0.15, 0.2) is 0 Å². The number of carbonyl (C=O) groups excluding carboxylic acids is 1. The zero-order valence-corrected chi connectivity index (χ0v) is 12.3. The summed E-state index contributed by atoms with van der Waals surface area (Å²) in [7, 11) is 4.03. The van der Waals surface area contributed by atoms with Crippen LogP contribution in [0.5, 0.6) is 0 Å². The summed E-state index contributed by atoms with van der Waals surface area (Å²) in [6.07, 6.45) is 4.43. The Labute approximate surface area is 121 Å². The molecular formula is C17H22N2O. The Morgan fingerprint density at radius 1 is 1.25 bits per heavy atom. The van der Waals surface area contributed by atoms with Crippen molar-refractivity contribution in [2.45, 2.75) is 25.7 Å². The second kappa shape index (κ2) is 7.00. The third-order valence-electron chi connectivity index (χ3n) is 3.69. The van der Waals surface area contributed by atoms with Crippen molar-refractivity contribution in [2.75, 3.05) is 25.5 Å². The number of anilines is 1. The summed E-state index contributed by atoms with van der Waals surface area (Å²) in [6.45, 7) is 0.435. The highest BCUT2D eigenvalue weighted by molar-refractivity contribution is 5.79. The van der Waals surface area contributed by atoms with Gasteiger partial charge in [-0.2, -0.15) is 0 Å². The molecule has 2 rings (SSSR count). The molecule has 0 unspecified atom stereocenters. The molecule has 1 aromatic rings. The van der Waals surface area contributed by atoms with Crippen LogP contribution in [0.1, 0.15) is 31.2 Å². The number of nitrogens with one attached hydrogen (secondary N) is 1. The maximum absolute atomic E-state index is 11.8. The van der Waals surface area contributed by atoms with Crippen molar-refractivity contribution in [1.29, 1.82) is 0 Å². The van der Waals surface area contributed by atoms with Crippen molar-refractivity contribution in [2.24, 2.45) is 5.92 Å². The topological polar surface area (TPSA) is 32.3 Å².